The Morgan fingerprint density at radius 1 is 1.43 bits per heavy atom. The predicted octanol–water partition coefficient (Wildman–Crippen LogP) is 1.97. The highest BCUT2D eigenvalue weighted by Crippen LogP contribution is 2.27. The van der Waals surface area contributed by atoms with Crippen molar-refractivity contribution in [3.05, 3.63) is 29.8 Å². The first-order valence-electron chi connectivity index (χ1n) is 8.52. The molecule has 1 aliphatic heterocycles. The van der Waals surface area contributed by atoms with Crippen molar-refractivity contribution in [3.63, 3.8) is 0 Å². The molecule has 23 heavy (non-hydrogen) atoms. The third kappa shape index (κ3) is 4.94. The van der Waals surface area contributed by atoms with Crippen LogP contribution in [0.25, 0.3) is 0 Å². The summed E-state index contributed by atoms with van der Waals surface area (Å²) in [4.78, 5) is 14.5. The van der Waals surface area contributed by atoms with E-state index >= 15 is 0 Å². The monoisotopic (exact) mass is 320 g/mol. The van der Waals surface area contributed by atoms with Crippen LogP contribution in [-0.2, 0) is 4.79 Å². The Kier molecular flexibility index (Phi) is 6.86. The van der Waals surface area contributed by atoms with Crippen LogP contribution in [-0.4, -0.2) is 48.8 Å². The Labute approximate surface area is 138 Å². The summed E-state index contributed by atoms with van der Waals surface area (Å²) < 4.78 is 5.67. The van der Waals surface area contributed by atoms with Gasteiger partial charge in [-0.05, 0) is 38.3 Å². The number of rotatable bonds is 8. The molecule has 0 spiro atoms. The second-order valence-corrected chi connectivity index (χ2v) is 6.07. The summed E-state index contributed by atoms with van der Waals surface area (Å²) in [7, 11) is 0. The Hall–Kier alpha value is -1.59. The fourth-order valence-corrected chi connectivity index (χ4v) is 3.10. The molecule has 0 radical (unpaired) electrons. The molecule has 0 aliphatic carbocycles. The molecule has 1 saturated heterocycles. The van der Waals surface area contributed by atoms with Crippen molar-refractivity contribution in [2.24, 2.45) is 5.92 Å². The Balaban J connectivity index is 1.95. The fraction of sp³-hybridized carbons (Fsp3) is 0.611. The SMILES string of the molecule is CCOc1ccccc1C(CC)NC(=O)CN1CCC(CO)C1. The van der Waals surface area contributed by atoms with Gasteiger partial charge in [-0.2, -0.15) is 0 Å². The predicted molar refractivity (Wildman–Crippen MR) is 90.4 cm³/mol. The molecule has 2 atom stereocenters. The minimum Gasteiger partial charge on any atom is -0.494 e. The lowest BCUT2D eigenvalue weighted by Gasteiger charge is -2.22. The van der Waals surface area contributed by atoms with Crippen molar-refractivity contribution in [2.75, 3.05) is 32.8 Å². The van der Waals surface area contributed by atoms with Crippen LogP contribution in [0.2, 0.25) is 0 Å². The van der Waals surface area contributed by atoms with Gasteiger partial charge in [0.1, 0.15) is 5.75 Å². The van der Waals surface area contributed by atoms with E-state index in [0.717, 1.165) is 37.2 Å². The summed E-state index contributed by atoms with van der Waals surface area (Å²) in [5.41, 5.74) is 1.03. The molecule has 2 unspecified atom stereocenters. The van der Waals surface area contributed by atoms with E-state index in [1.54, 1.807) is 0 Å². The van der Waals surface area contributed by atoms with Gasteiger partial charge in [0, 0.05) is 18.7 Å². The van der Waals surface area contributed by atoms with Crippen LogP contribution < -0.4 is 10.1 Å². The number of likely N-dealkylation sites (tertiary alicyclic amines) is 1. The van der Waals surface area contributed by atoms with Gasteiger partial charge in [-0.3, -0.25) is 9.69 Å². The van der Waals surface area contributed by atoms with E-state index in [1.165, 1.54) is 0 Å². The highest BCUT2D eigenvalue weighted by atomic mass is 16.5. The van der Waals surface area contributed by atoms with Crippen molar-refractivity contribution < 1.29 is 14.6 Å². The maximum atomic E-state index is 12.3. The number of hydrogen-bond donors (Lipinski definition) is 2. The first-order valence-corrected chi connectivity index (χ1v) is 8.52. The topological polar surface area (TPSA) is 61.8 Å². The van der Waals surface area contributed by atoms with Crippen LogP contribution >= 0.6 is 0 Å². The molecule has 0 bridgehead atoms. The first-order chi connectivity index (χ1) is 11.2. The number of carbonyl (C=O) groups is 1. The van der Waals surface area contributed by atoms with Crippen LogP contribution in [0.4, 0.5) is 0 Å². The second kappa shape index (κ2) is 8.89. The smallest absolute Gasteiger partial charge is 0.234 e. The van der Waals surface area contributed by atoms with Crippen molar-refractivity contribution in [1.82, 2.24) is 10.2 Å². The number of hydrogen-bond acceptors (Lipinski definition) is 4. The van der Waals surface area contributed by atoms with Crippen molar-refractivity contribution in [3.8, 4) is 5.75 Å². The number of carbonyl (C=O) groups excluding carboxylic acids is 1. The molecule has 2 rings (SSSR count). The molecule has 1 heterocycles. The third-order valence-corrected chi connectivity index (χ3v) is 4.33. The second-order valence-electron chi connectivity index (χ2n) is 6.07. The third-order valence-electron chi connectivity index (χ3n) is 4.33. The molecule has 5 heteroatoms. The Bertz CT molecular complexity index is 507. The van der Waals surface area contributed by atoms with Gasteiger partial charge in [0.05, 0.1) is 19.2 Å². The van der Waals surface area contributed by atoms with Gasteiger partial charge >= 0.3 is 0 Å². The van der Waals surface area contributed by atoms with Gasteiger partial charge < -0.3 is 15.2 Å². The molecule has 5 nitrogen and oxygen atoms in total. The lowest BCUT2D eigenvalue weighted by molar-refractivity contribution is -0.122. The van der Waals surface area contributed by atoms with E-state index in [1.807, 2.05) is 31.2 Å². The van der Waals surface area contributed by atoms with Crippen molar-refractivity contribution in [1.29, 1.82) is 0 Å². The van der Waals surface area contributed by atoms with Crippen LogP contribution in [0.3, 0.4) is 0 Å². The highest BCUT2D eigenvalue weighted by molar-refractivity contribution is 5.78. The molecule has 1 amide bonds. The summed E-state index contributed by atoms with van der Waals surface area (Å²) >= 11 is 0. The summed E-state index contributed by atoms with van der Waals surface area (Å²) in [5, 5.41) is 12.3. The van der Waals surface area contributed by atoms with Gasteiger partial charge in [0.2, 0.25) is 5.91 Å². The number of aliphatic hydroxyl groups is 1. The zero-order valence-electron chi connectivity index (χ0n) is 14.1. The zero-order valence-corrected chi connectivity index (χ0v) is 14.1. The zero-order chi connectivity index (χ0) is 16.7. The maximum absolute atomic E-state index is 12.3. The van der Waals surface area contributed by atoms with Crippen molar-refractivity contribution in [2.45, 2.75) is 32.7 Å². The lowest BCUT2D eigenvalue weighted by Crippen LogP contribution is -2.38. The molecule has 0 saturated carbocycles. The average Bonchev–Trinajstić information content (AvgIpc) is 3.01. The van der Waals surface area contributed by atoms with Gasteiger partial charge in [-0.1, -0.05) is 25.1 Å². The summed E-state index contributed by atoms with van der Waals surface area (Å²) in [6, 6.07) is 7.83. The van der Waals surface area contributed by atoms with Crippen molar-refractivity contribution >= 4 is 5.91 Å². The van der Waals surface area contributed by atoms with Gasteiger partial charge in [-0.15, -0.1) is 0 Å². The highest BCUT2D eigenvalue weighted by Gasteiger charge is 2.24. The normalized spacial score (nSPS) is 19.5. The van der Waals surface area contributed by atoms with Crippen LogP contribution in [0.15, 0.2) is 24.3 Å². The molecule has 1 aliphatic rings. The van der Waals surface area contributed by atoms with E-state index in [0.29, 0.717) is 19.1 Å². The van der Waals surface area contributed by atoms with E-state index in [4.69, 9.17) is 4.74 Å². The molecule has 1 aromatic rings. The van der Waals surface area contributed by atoms with E-state index in [-0.39, 0.29) is 18.6 Å². The average molecular weight is 320 g/mol. The number of para-hydroxylation sites is 1. The summed E-state index contributed by atoms with van der Waals surface area (Å²) in [6.45, 7) is 6.91. The molecular formula is C18H28N2O3. The number of ether oxygens (including phenoxy) is 1. The number of nitrogens with one attached hydrogen (secondary N) is 1. The largest absolute Gasteiger partial charge is 0.494 e. The number of amides is 1. The fourth-order valence-electron chi connectivity index (χ4n) is 3.10. The molecule has 0 aromatic heterocycles. The Morgan fingerprint density at radius 2 is 2.22 bits per heavy atom. The Morgan fingerprint density at radius 3 is 2.87 bits per heavy atom. The molecular weight excluding hydrogens is 292 g/mol. The van der Waals surface area contributed by atoms with E-state index < -0.39 is 0 Å². The minimum atomic E-state index is -0.0403. The quantitative estimate of drug-likeness (QED) is 0.769. The molecule has 128 valence electrons. The van der Waals surface area contributed by atoms with E-state index in [9.17, 15) is 9.90 Å². The number of benzene rings is 1. The molecule has 1 fully saturated rings. The van der Waals surface area contributed by atoms with Gasteiger partial charge in [0.25, 0.3) is 0 Å². The molecule has 1 aromatic carbocycles. The van der Waals surface area contributed by atoms with E-state index in [2.05, 4.69) is 17.1 Å². The van der Waals surface area contributed by atoms with Crippen LogP contribution in [0.5, 0.6) is 5.75 Å². The summed E-state index contributed by atoms with van der Waals surface area (Å²) in [5.74, 6) is 1.17. The van der Waals surface area contributed by atoms with Gasteiger partial charge in [-0.25, -0.2) is 0 Å². The molecule has 2 N–H and O–H groups in total. The number of nitrogens with zero attached hydrogens (tertiary/aromatic N) is 1. The maximum Gasteiger partial charge on any atom is 0.234 e. The number of aliphatic hydroxyl groups excluding tert-OH is 1. The standard InChI is InChI=1S/C18H28N2O3/c1-3-16(15-7-5-6-8-17(15)23-4-2)19-18(22)12-20-10-9-14(11-20)13-21/h5-8,14,16,21H,3-4,9-13H2,1-2H3,(H,19,22). The lowest BCUT2D eigenvalue weighted by atomic mass is 10.0. The van der Waals surface area contributed by atoms with Crippen LogP contribution in [0, 0.1) is 5.92 Å². The van der Waals surface area contributed by atoms with Gasteiger partial charge in [0.15, 0.2) is 0 Å². The van der Waals surface area contributed by atoms with Crippen LogP contribution in [0.1, 0.15) is 38.3 Å². The summed E-state index contributed by atoms with van der Waals surface area (Å²) in [6.07, 6.45) is 1.78. The minimum absolute atomic E-state index is 0.0294. The first kappa shape index (κ1) is 17.8.